The van der Waals surface area contributed by atoms with Crippen LogP contribution >= 0.6 is 27.7 Å². The van der Waals surface area contributed by atoms with Gasteiger partial charge in [-0.2, -0.15) is 0 Å². The van der Waals surface area contributed by atoms with Gasteiger partial charge >= 0.3 is 0 Å². The molecule has 1 heterocycles. The van der Waals surface area contributed by atoms with Crippen molar-refractivity contribution in [3.8, 4) is 5.75 Å². The first-order chi connectivity index (χ1) is 8.74. The maximum absolute atomic E-state index is 11.0. The van der Waals surface area contributed by atoms with Crippen molar-refractivity contribution in [3.05, 3.63) is 51.4 Å². The highest BCUT2D eigenvalue weighted by atomic mass is 79.9. The Bertz CT molecular complexity index is 557. The number of halogens is 1. The highest BCUT2D eigenvalue weighted by molar-refractivity contribution is 9.10. The molecule has 0 unspecified atom stereocenters. The summed E-state index contributed by atoms with van der Waals surface area (Å²) in [5.74, 6) is 1.55. The topological polar surface area (TPSA) is 55.0 Å². The summed E-state index contributed by atoms with van der Waals surface area (Å²) in [6.07, 6.45) is 1.50. The van der Waals surface area contributed by atoms with Gasteiger partial charge in [0, 0.05) is 22.5 Å². The molecule has 4 nitrogen and oxygen atoms in total. The van der Waals surface area contributed by atoms with Crippen LogP contribution in [0.5, 0.6) is 5.75 Å². The Balaban J connectivity index is 1.76. The van der Waals surface area contributed by atoms with E-state index in [9.17, 15) is 4.79 Å². The van der Waals surface area contributed by atoms with Gasteiger partial charge < -0.3 is 9.72 Å². The van der Waals surface area contributed by atoms with Crippen molar-refractivity contribution >= 4 is 27.7 Å². The zero-order valence-electron chi connectivity index (χ0n) is 9.43. The molecule has 0 fully saturated rings. The first kappa shape index (κ1) is 13.2. The van der Waals surface area contributed by atoms with Gasteiger partial charge in [-0.25, -0.2) is 4.98 Å². The minimum atomic E-state index is -0.138. The van der Waals surface area contributed by atoms with Crippen LogP contribution in [0.25, 0.3) is 0 Å². The number of ether oxygens (including phenoxy) is 1. The number of hydrogen-bond donors (Lipinski definition) is 1. The lowest BCUT2D eigenvalue weighted by molar-refractivity contribution is 0.344. The summed E-state index contributed by atoms with van der Waals surface area (Å²) in [5.41, 5.74) is -0.138. The van der Waals surface area contributed by atoms with Crippen molar-refractivity contribution in [1.29, 1.82) is 0 Å². The van der Waals surface area contributed by atoms with E-state index < -0.39 is 0 Å². The van der Waals surface area contributed by atoms with Gasteiger partial charge in [0.05, 0.1) is 6.61 Å². The third kappa shape index (κ3) is 4.19. The van der Waals surface area contributed by atoms with Crippen LogP contribution < -0.4 is 10.3 Å². The molecule has 0 radical (unpaired) electrons. The zero-order chi connectivity index (χ0) is 12.8. The van der Waals surface area contributed by atoms with Gasteiger partial charge in [-0.15, -0.1) is 0 Å². The third-order valence-corrected chi connectivity index (χ3v) is 3.43. The average molecular weight is 327 g/mol. The summed E-state index contributed by atoms with van der Waals surface area (Å²) in [6.45, 7) is 0.560. The number of aromatic amines is 1. The Morgan fingerprint density at radius 1 is 1.28 bits per heavy atom. The fourth-order valence-electron chi connectivity index (χ4n) is 1.25. The highest BCUT2D eigenvalue weighted by Crippen LogP contribution is 2.17. The van der Waals surface area contributed by atoms with E-state index in [-0.39, 0.29) is 5.56 Å². The van der Waals surface area contributed by atoms with Crippen LogP contribution in [0.2, 0.25) is 0 Å². The first-order valence-corrected chi connectivity index (χ1v) is 7.08. The molecule has 0 aliphatic carbocycles. The number of aromatic nitrogens is 2. The van der Waals surface area contributed by atoms with E-state index >= 15 is 0 Å². The number of nitrogens with zero attached hydrogens (tertiary/aromatic N) is 1. The monoisotopic (exact) mass is 326 g/mol. The number of H-pyrrole nitrogens is 1. The van der Waals surface area contributed by atoms with Crippen LogP contribution in [0.4, 0.5) is 0 Å². The van der Waals surface area contributed by atoms with Crippen LogP contribution in [0.15, 0.2) is 51.0 Å². The van der Waals surface area contributed by atoms with E-state index in [1.165, 1.54) is 24.0 Å². The van der Waals surface area contributed by atoms with Crippen LogP contribution in [0, 0.1) is 0 Å². The molecule has 0 saturated carbocycles. The number of nitrogens with one attached hydrogen (secondary N) is 1. The smallest absolute Gasteiger partial charge is 0.251 e. The lowest BCUT2D eigenvalue weighted by Gasteiger charge is -2.05. The Labute approximate surface area is 117 Å². The minimum Gasteiger partial charge on any atom is -0.493 e. The van der Waals surface area contributed by atoms with E-state index in [2.05, 4.69) is 25.9 Å². The van der Waals surface area contributed by atoms with Gasteiger partial charge in [-0.1, -0.05) is 27.7 Å². The van der Waals surface area contributed by atoms with E-state index in [1.54, 1.807) is 0 Å². The molecule has 6 heteroatoms. The molecular formula is C12H11BrN2O2S. The largest absolute Gasteiger partial charge is 0.493 e. The Hall–Kier alpha value is -1.27. The van der Waals surface area contributed by atoms with Crippen molar-refractivity contribution in [2.24, 2.45) is 0 Å². The minimum absolute atomic E-state index is 0.138. The normalized spacial score (nSPS) is 10.3. The van der Waals surface area contributed by atoms with E-state index in [1.807, 2.05) is 24.3 Å². The van der Waals surface area contributed by atoms with E-state index in [0.717, 1.165) is 16.0 Å². The summed E-state index contributed by atoms with van der Waals surface area (Å²) in [6, 6.07) is 9.05. The van der Waals surface area contributed by atoms with Crippen molar-refractivity contribution in [1.82, 2.24) is 9.97 Å². The molecule has 1 aromatic carbocycles. The molecule has 18 heavy (non-hydrogen) atoms. The van der Waals surface area contributed by atoms with Gasteiger partial charge in [-0.3, -0.25) is 4.79 Å². The number of hydrogen-bond acceptors (Lipinski definition) is 4. The Morgan fingerprint density at radius 2 is 2.06 bits per heavy atom. The maximum atomic E-state index is 11.0. The quantitative estimate of drug-likeness (QED) is 0.521. The number of thioether (sulfide) groups is 1. The summed E-state index contributed by atoms with van der Waals surface area (Å²) >= 11 is 4.82. The van der Waals surface area contributed by atoms with E-state index in [0.29, 0.717) is 11.8 Å². The predicted octanol–water partition coefficient (Wildman–Crippen LogP) is 2.70. The summed E-state index contributed by atoms with van der Waals surface area (Å²) in [4.78, 5) is 17.7. The second kappa shape index (κ2) is 6.61. The van der Waals surface area contributed by atoms with Gasteiger partial charge in [0.2, 0.25) is 0 Å². The van der Waals surface area contributed by atoms with Gasteiger partial charge in [0.25, 0.3) is 5.56 Å². The average Bonchev–Trinajstić information content (AvgIpc) is 2.37. The number of benzene rings is 1. The van der Waals surface area contributed by atoms with Crippen LogP contribution in [0.1, 0.15) is 0 Å². The number of rotatable bonds is 5. The second-order valence-electron chi connectivity index (χ2n) is 3.39. The lowest BCUT2D eigenvalue weighted by atomic mass is 10.3. The Kier molecular flexibility index (Phi) is 4.83. The van der Waals surface area contributed by atoms with Crippen molar-refractivity contribution in [3.63, 3.8) is 0 Å². The predicted molar refractivity (Wildman–Crippen MR) is 75.2 cm³/mol. The molecule has 2 rings (SSSR count). The van der Waals surface area contributed by atoms with Crippen LogP contribution in [-0.2, 0) is 0 Å². The molecule has 0 aliphatic heterocycles. The second-order valence-corrected chi connectivity index (χ2v) is 5.39. The molecular weight excluding hydrogens is 316 g/mol. The molecule has 2 aromatic rings. The molecule has 94 valence electrons. The van der Waals surface area contributed by atoms with Gasteiger partial charge in [-0.05, 0) is 24.3 Å². The van der Waals surface area contributed by atoms with Crippen molar-refractivity contribution < 1.29 is 4.74 Å². The Morgan fingerprint density at radius 3 is 2.78 bits per heavy atom. The molecule has 0 aliphatic rings. The van der Waals surface area contributed by atoms with E-state index in [4.69, 9.17) is 4.74 Å². The van der Waals surface area contributed by atoms with Crippen LogP contribution in [-0.4, -0.2) is 22.3 Å². The molecule has 0 bridgehead atoms. The summed E-state index contributed by atoms with van der Waals surface area (Å²) in [5, 5.41) is 0.613. The van der Waals surface area contributed by atoms with Gasteiger partial charge in [0.1, 0.15) is 5.75 Å². The SMILES string of the molecule is O=c1ccnc(SCCOc2ccc(Br)cc2)[nH]1. The standard InChI is InChI=1S/C12H11BrN2O2S/c13-9-1-3-10(4-2-9)17-7-8-18-12-14-6-5-11(16)15-12/h1-6H,7-8H2,(H,14,15,16). The fraction of sp³-hybridized carbons (Fsp3) is 0.167. The zero-order valence-corrected chi connectivity index (χ0v) is 11.8. The van der Waals surface area contributed by atoms with Gasteiger partial charge in [0.15, 0.2) is 5.16 Å². The highest BCUT2D eigenvalue weighted by Gasteiger charge is 1.97. The molecule has 0 atom stereocenters. The lowest BCUT2D eigenvalue weighted by Crippen LogP contribution is -2.07. The maximum Gasteiger partial charge on any atom is 0.251 e. The molecule has 0 amide bonds. The first-order valence-electron chi connectivity index (χ1n) is 5.30. The fourth-order valence-corrected chi connectivity index (χ4v) is 2.19. The van der Waals surface area contributed by atoms with Crippen LogP contribution in [0.3, 0.4) is 0 Å². The molecule has 1 aromatic heterocycles. The van der Waals surface area contributed by atoms with Crippen molar-refractivity contribution in [2.75, 3.05) is 12.4 Å². The third-order valence-electron chi connectivity index (χ3n) is 2.05. The molecule has 0 saturated heterocycles. The molecule has 0 spiro atoms. The summed E-state index contributed by atoms with van der Waals surface area (Å²) < 4.78 is 6.57. The van der Waals surface area contributed by atoms with Crippen molar-refractivity contribution in [2.45, 2.75) is 5.16 Å². The molecule has 1 N–H and O–H groups in total. The summed E-state index contributed by atoms with van der Waals surface area (Å²) in [7, 11) is 0.